The van der Waals surface area contributed by atoms with Crippen molar-refractivity contribution in [3.63, 3.8) is 0 Å². The van der Waals surface area contributed by atoms with Crippen molar-refractivity contribution < 1.29 is 23.9 Å². The number of rotatable bonds is 5. The number of carbonyl (C=O) groups excluding carboxylic acids is 4. The number of hydrogen-bond acceptors (Lipinski definition) is 5. The predicted octanol–water partition coefficient (Wildman–Crippen LogP) is 3.13. The molecule has 1 saturated heterocycles. The highest BCUT2D eigenvalue weighted by Crippen LogP contribution is 2.31. The summed E-state index contributed by atoms with van der Waals surface area (Å²) in [4.78, 5) is 49.2. The van der Waals surface area contributed by atoms with E-state index in [0.717, 1.165) is 16.7 Å². The zero-order valence-corrected chi connectivity index (χ0v) is 19.0. The molecule has 8 nitrogen and oxygen atoms in total. The Morgan fingerprint density at radius 1 is 1.03 bits per heavy atom. The van der Waals surface area contributed by atoms with Crippen LogP contribution >= 0.6 is 0 Å². The summed E-state index contributed by atoms with van der Waals surface area (Å²) >= 11 is 0. The van der Waals surface area contributed by atoms with Crippen molar-refractivity contribution in [3.8, 4) is 0 Å². The Morgan fingerprint density at radius 3 is 2.57 bits per heavy atom. The second-order valence-electron chi connectivity index (χ2n) is 8.80. The fourth-order valence-corrected chi connectivity index (χ4v) is 4.41. The number of cyclic esters (lactones) is 1. The Morgan fingerprint density at radius 2 is 1.83 bits per heavy atom. The predicted molar refractivity (Wildman–Crippen MR) is 126 cm³/mol. The molecule has 2 aliphatic heterocycles. The third kappa shape index (κ3) is 4.26. The molecule has 35 heavy (non-hydrogen) atoms. The Kier molecular flexibility index (Phi) is 5.56. The largest absolute Gasteiger partial charge is 0.454 e. The first-order chi connectivity index (χ1) is 16.8. The number of fused-ring (bicyclic) bond motifs is 1. The molecule has 4 amide bonds. The van der Waals surface area contributed by atoms with Gasteiger partial charge in [-0.05, 0) is 47.4 Å². The highest BCUT2D eigenvalue weighted by molar-refractivity contribution is 6.07. The molecule has 3 N–H and O–H groups in total. The van der Waals surface area contributed by atoms with Gasteiger partial charge < -0.3 is 15.4 Å². The summed E-state index contributed by atoms with van der Waals surface area (Å²) in [6.45, 7) is 1.86. The Balaban J connectivity index is 1.30. The van der Waals surface area contributed by atoms with Crippen molar-refractivity contribution in [2.75, 3.05) is 0 Å². The number of nitrogens with one attached hydrogen (secondary N) is 3. The van der Waals surface area contributed by atoms with Crippen molar-refractivity contribution in [1.29, 1.82) is 0 Å². The van der Waals surface area contributed by atoms with Crippen LogP contribution in [0.15, 0.2) is 72.8 Å². The van der Waals surface area contributed by atoms with Crippen molar-refractivity contribution in [3.05, 3.63) is 106 Å². The highest BCUT2D eigenvalue weighted by atomic mass is 16.5. The van der Waals surface area contributed by atoms with E-state index in [1.807, 2.05) is 36.4 Å². The third-order valence-corrected chi connectivity index (χ3v) is 6.42. The average Bonchev–Trinajstić information content (AvgIpc) is 3.14. The van der Waals surface area contributed by atoms with E-state index in [1.165, 1.54) is 0 Å². The van der Waals surface area contributed by atoms with Crippen LogP contribution in [-0.4, -0.2) is 23.8 Å². The van der Waals surface area contributed by atoms with Crippen LogP contribution in [-0.2, 0) is 28.0 Å². The lowest BCUT2D eigenvalue weighted by Gasteiger charge is -2.25. The van der Waals surface area contributed by atoms with E-state index in [2.05, 4.69) is 16.0 Å². The molecule has 5 rings (SSSR count). The minimum Gasteiger partial charge on any atom is -0.454 e. The van der Waals surface area contributed by atoms with Crippen molar-refractivity contribution in [2.45, 2.75) is 31.5 Å². The molecule has 2 unspecified atom stereocenters. The normalized spacial score (nSPS) is 20.9. The van der Waals surface area contributed by atoms with Gasteiger partial charge in [-0.15, -0.1) is 0 Å². The minimum absolute atomic E-state index is 0.226. The molecule has 2 heterocycles. The van der Waals surface area contributed by atoms with E-state index in [9.17, 15) is 19.2 Å². The number of benzene rings is 3. The van der Waals surface area contributed by atoms with Gasteiger partial charge in [0.05, 0.1) is 5.56 Å². The summed E-state index contributed by atoms with van der Waals surface area (Å²) in [5, 5.41) is 7.77. The minimum atomic E-state index is -1.17. The van der Waals surface area contributed by atoms with E-state index in [1.54, 1.807) is 43.3 Å². The van der Waals surface area contributed by atoms with Crippen LogP contribution in [0.1, 0.15) is 56.0 Å². The van der Waals surface area contributed by atoms with Crippen LogP contribution in [0.2, 0.25) is 0 Å². The molecule has 176 valence electrons. The molecule has 2 aliphatic rings. The number of carbonyl (C=O) groups is 4. The fraction of sp³-hybridized carbons (Fsp3) is 0.185. The van der Waals surface area contributed by atoms with Crippen molar-refractivity contribution >= 4 is 23.8 Å². The first-order valence-electron chi connectivity index (χ1n) is 11.2. The summed E-state index contributed by atoms with van der Waals surface area (Å²) in [5.41, 5.74) is 2.80. The zero-order valence-electron chi connectivity index (χ0n) is 19.0. The van der Waals surface area contributed by atoms with Crippen LogP contribution in [0.25, 0.3) is 0 Å². The van der Waals surface area contributed by atoms with Crippen molar-refractivity contribution in [1.82, 2.24) is 16.0 Å². The van der Waals surface area contributed by atoms with Gasteiger partial charge in [0, 0.05) is 18.5 Å². The maximum absolute atomic E-state index is 12.9. The topological polar surface area (TPSA) is 114 Å². The molecule has 0 spiro atoms. The summed E-state index contributed by atoms with van der Waals surface area (Å²) < 4.78 is 5.59. The van der Waals surface area contributed by atoms with E-state index in [0.29, 0.717) is 23.1 Å². The Bertz CT molecular complexity index is 1350. The molecule has 3 aromatic rings. The second-order valence-corrected chi connectivity index (χ2v) is 8.80. The van der Waals surface area contributed by atoms with Gasteiger partial charge in [0.1, 0.15) is 11.6 Å². The van der Waals surface area contributed by atoms with Gasteiger partial charge in [-0.3, -0.25) is 14.9 Å². The zero-order chi connectivity index (χ0) is 24.6. The van der Waals surface area contributed by atoms with Gasteiger partial charge in [-0.25, -0.2) is 9.59 Å². The lowest BCUT2D eigenvalue weighted by atomic mass is 9.91. The molecule has 8 heteroatoms. The van der Waals surface area contributed by atoms with Crippen LogP contribution in [0.4, 0.5) is 4.79 Å². The quantitative estimate of drug-likeness (QED) is 0.393. The van der Waals surface area contributed by atoms with Gasteiger partial charge >= 0.3 is 12.0 Å². The van der Waals surface area contributed by atoms with Gasteiger partial charge in [0.15, 0.2) is 0 Å². The van der Waals surface area contributed by atoms with E-state index in [-0.39, 0.29) is 12.5 Å². The van der Waals surface area contributed by atoms with Gasteiger partial charge in [-0.1, -0.05) is 54.6 Å². The molecular weight excluding hydrogens is 446 g/mol. The monoisotopic (exact) mass is 469 g/mol. The maximum atomic E-state index is 12.9. The Labute approximate surface area is 201 Å². The number of imide groups is 1. The number of ether oxygens (including phenoxy) is 1. The first-order valence-corrected chi connectivity index (χ1v) is 11.2. The van der Waals surface area contributed by atoms with Crippen LogP contribution in [0.5, 0.6) is 0 Å². The molecule has 0 radical (unpaired) electrons. The summed E-state index contributed by atoms with van der Waals surface area (Å²) in [6.07, 6.45) is 0.0903. The summed E-state index contributed by atoms with van der Waals surface area (Å²) in [5.74, 6) is -1.11. The molecule has 0 bridgehead atoms. The number of urea groups is 1. The number of hydrogen-bond donors (Lipinski definition) is 3. The van der Waals surface area contributed by atoms with Gasteiger partial charge in [-0.2, -0.15) is 0 Å². The summed E-state index contributed by atoms with van der Waals surface area (Å²) in [6, 6.07) is 21.1. The summed E-state index contributed by atoms with van der Waals surface area (Å²) in [7, 11) is 0. The molecular formula is C27H23N3O5. The molecule has 1 fully saturated rings. The molecule has 0 aromatic heterocycles. The third-order valence-electron chi connectivity index (χ3n) is 6.42. The molecule has 2 atom stereocenters. The van der Waals surface area contributed by atoms with Gasteiger partial charge in [0.2, 0.25) is 0 Å². The lowest BCUT2D eigenvalue weighted by molar-refractivity contribution is -0.123. The molecule has 0 aliphatic carbocycles. The lowest BCUT2D eigenvalue weighted by Crippen LogP contribution is -2.40. The van der Waals surface area contributed by atoms with Crippen LogP contribution < -0.4 is 16.0 Å². The van der Waals surface area contributed by atoms with Gasteiger partial charge in [0.25, 0.3) is 11.8 Å². The number of amides is 4. The highest BCUT2D eigenvalue weighted by Gasteiger charge is 2.43. The molecule has 0 saturated carbocycles. The van der Waals surface area contributed by atoms with Crippen molar-refractivity contribution in [2.24, 2.45) is 0 Å². The standard InChI is InChI=1S/C27H23N3O5/c1-27(25(33)29-26(34)30-27)20-9-5-6-16(12-20)15-28-23(31)18-10-11-21-19(13-18)14-22(35-24(21)32)17-7-3-2-4-8-17/h2-13,22H,14-15H2,1H3,(H,28,31)(H2,29,30,33,34). The smallest absolute Gasteiger partial charge is 0.339 e. The molecule has 3 aromatic carbocycles. The van der Waals surface area contributed by atoms with E-state index >= 15 is 0 Å². The maximum Gasteiger partial charge on any atom is 0.339 e. The first kappa shape index (κ1) is 22.3. The Hall–Kier alpha value is -4.46. The fourth-order valence-electron chi connectivity index (χ4n) is 4.41. The second kappa shape index (κ2) is 8.72. The van der Waals surface area contributed by atoms with E-state index < -0.39 is 29.6 Å². The van der Waals surface area contributed by atoms with Crippen LogP contribution in [0, 0.1) is 0 Å². The SMILES string of the molecule is CC1(c2cccc(CNC(=O)c3ccc4c(c3)CC(c3ccccc3)OC4=O)c2)NC(=O)NC1=O. The van der Waals surface area contributed by atoms with Crippen LogP contribution in [0.3, 0.4) is 0 Å². The average molecular weight is 469 g/mol. The van der Waals surface area contributed by atoms with E-state index in [4.69, 9.17) is 4.74 Å². The number of esters is 1.